The summed E-state index contributed by atoms with van der Waals surface area (Å²) < 4.78 is 2.18. The largest absolute Gasteiger partial charge is 0.480 e. The summed E-state index contributed by atoms with van der Waals surface area (Å²) in [5.74, 6) is -0.0703. The van der Waals surface area contributed by atoms with E-state index in [9.17, 15) is 9.90 Å². The van der Waals surface area contributed by atoms with Crippen LogP contribution in [0.2, 0.25) is 0 Å². The van der Waals surface area contributed by atoms with Crippen molar-refractivity contribution < 1.29 is 9.90 Å². The van der Waals surface area contributed by atoms with Gasteiger partial charge in [-0.25, -0.2) is 0 Å². The Labute approximate surface area is 137 Å². The Morgan fingerprint density at radius 3 is 2.70 bits per heavy atom. The van der Waals surface area contributed by atoms with Gasteiger partial charge < -0.3 is 5.11 Å². The summed E-state index contributed by atoms with van der Waals surface area (Å²) in [5, 5.41) is 14.2. The van der Waals surface area contributed by atoms with Gasteiger partial charge in [0.25, 0.3) is 0 Å². The highest BCUT2D eigenvalue weighted by Gasteiger charge is 2.45. The summed E-state index contributed by atoms with van der Waals surface area (Å²) >= 11 is 0. The molecule has 1 N–H and O–H groups in total. The lowest BCUT2D eigenvalue weighted by Gasteiger charge is -2.33. The molecule has 0 bridgehead atoms. The molecular weight excluding hydrogens is 290 g/mol. The SMILES string of the molecule is O=C(O)C1CC2CCCCC2N1Cc1ccnn1C1CCCC1. The normalized spacial score (nSPS) is 32.3. The van der Waals surface area contributed by atoms with Crippen LogP contribution in [0.5, 0.6) is 0 Å². The zero-order chi connectivity index (χ0) is 15.8. The third-order valence-corrected chi connectivity index (χ3v) is 6.27. The molecule has 23 heavy (non-hydrogen) atoms. The number of carbonyl (C=O) groups is 1. The highest BCUT2D eigenvalue weighted by atomic mass is 16.4. The van der Waals surface area contributed by atoms with Crippen LogP contribution < -0.4 is 0 Å². The van der Waals surface area contributed by atoms with Gasteiger partial charge >= 0.3 is 5.97 Å². The minimum absolute atomic E-state index is 0.310. The van der Waals surface area contributed by atoms with Crippen molar-refractivity contribution >= 4 is 5.97 Å². The van der Waals surface area contributed by atoms with E-state index in [2.05, 4.69) is 20.7 Å². The summed E-state index contributed by atoms with van der Waals surface area (Å²) in [6, 6.07) is 2.76. The summed E-state index contributed by atoms with van der Waals surface area (Å²) in [6.07, 6.45) is 12.6. The Morgan fingerprint density at radius 2 is 1.91 bits per heavy atom. The van der Waals surface area contributed by atoms with Crippen molar-refractivity contribution in [2.45, 2.75) is 82.5 Å². The smallest absolute Gasteiger partial charge is 0.320 e. The van der Waals surface area contributed by atoms with Gasteiger partial charge in [0.05, 0.1) is 11.7 Å². The van der Waals surface area contributed by atoms with Crippen molar-refractivity contribution in [3.05, 3.63) is 18.0 Å². The second-order valence-corrected chi connectivity index (χ2v) is 7.58. The van der Waals surface area contributed by atoms with E-state index in [4.69, 9.17) is 0 Å². The fourth-order valence-corrected chi connectivity index (χ4v) is 5.15. The van der Waals surface area contributed by atoms with Crippen LogP contribution in [0.25, 0.3) is 0 Å². The maximum atomic E-state index is 11.8. The molecule has 1 aliphatic heterocycles. The van der Waals surface area contributed by atoms with Crippen molar-refractivity contribution in [3.8, 4) is 0 Å². The predicted molar refractivity (Wildman–Crippen MR) is 87.1 cm³/mol. The first-order chi connectivity index (χ1) is 11.2. The van der Waals surface area contributed by atoms with Gasteiger partial charge in [-0.1, -0.05) is 25.7 Å². The molecule has 2 saturated carbocycles. The van der Waals surface area contributed by atoms with E-state index in [1.807, 2.05) is 6.20 Å². The number of aliphatic carboxylic acids is 1. The van der Waals surface area contributed by atoms with E-state index >= 15 is 0 Å². The monoisotopic (exact) mass is 317 g/mol. The first-order valence-electron chi connectivity index (χ1n) is 9.25. The first kappa shape index (κ1) is 15.2. The highest BCUT2D eigenvalue weighted by Crippen LogP contribution is 2.41. The topological polar surface area (TPSA) is 58.4 Å². The van der Waals surface area contributed by atoms with Crippen LogP contribution in [0, 0.1) is 5.92 Å². The average Bonchev–Trinajstić information content (AvgIpc) is 3.26. The number of hydrogen-bond donors (Lipinski definition) is 1. The minimum Gasteiger partial charge on any atom is -0.480 e. The first-order valence-corrected chi connectivity index (χ1v) is 9.25. The van der Waals surface area contributed by atoms with Crippen LogP contribution in [0.3, 0.4) is 0 Å². The van der Waals surface area contributed by atoms with Gasteiger partial charge in [-0.05, 0) is 44.1 Å². The van der Waals surface area contributed by atoms with Crippen molar-refractivity contribution in [3.63, 3.8) is 0 Å². The van der Waals surface area contributed by atoms with Gasteiger partial charge in [-0.2, -0.15) is 5.10 Å². The summed E-state index contributed by atoms with van der Waals surface area (Å²) in [4.78, 5) is 14.0. The van der Waals surface area contributed by atoms with E-state index < -0.39 is 5.97 Å². The summed E-state index contributed by atoms with van der Waals surface area (Å²) in [5.41, 5.74) is 1.20. The van der Waals surface area contributed by atoms with Crippen molar-refractivity contribution in [2.75, 3.05) is 0 Å². The van der Waals surface area contributed by atoms with E-state index in [1.54, 1.807) is 0 Å². The van der Waals surface area contributed by atoms with Gasteiger partial charge in [0.1, 0.15) is 6.04 Å². The number of nitrogens with zero attached hydrogens (tertiary/aromatic N) is 3. The lowest BCUT2D eigenvalue weighted by Crippen LogP contribution is -2.42. The minimum atomic E-state index is -0.647. The van der Waals surface area contributed by atoms with Crippen molar-refractivity contribution in [1.82, 2.24) is 14.7 Å². The molecule has 2 heterocycles. The fourth-order valence-electron chi connectivity index (χ4n) is 5.15. The quantitative estimate of drug-likeness (QED) is 0.926. The number of carboxylic acid groups (broad SMARTS) is 1. The second kappa shape index (κ2) is 6.27. The fraction of sp³-hybridized carbons (Fsp3) is 0.778. The third kappa shape index (κ3) is 2.80. The summed E-state index contributed by atoms with van der Waals surface area (Å²) in [6.45, 7) is 0.745. The average molecular weight is 317 g/mol. The summed E-state index contributed by atoms with van der Waals surface area (Å²) in [7, 11) is 0. The zero-order valence-corrected chi connectivity index (χ0v) is 13.7. The molecule has 1 aromatic rings. The number of aromatic nitrogens is 2. The van der Waals surface area contributed by atoms with Gasteiger partial charge in [0.15, 0.2) is 0 Å². The van der Waals surface area contributed by atoms with Crippen LogP contribution in [-0.2, 0) is 11.3 Å². The molecule has 1 saturated heterocycles. The van der Waals surface area contributed by atoms with Crippen LogP contribution in [0.1, 0.15) is 69.5 Å². The molecule has 0 amide bonds. The van der Waals surface area contributed by atoms with Gasteiger partial charge in [-0.15, -0.1) is 0 Å². The molecule has 3 aliphatic rings. The zero-order valence-electron chi connectivity index (χ0n) is 13.7. The molecule has 3 fully saturated rings. The van der Waals surface area contributed by atoms with Gasteiger partial charge in [0.2, 0.25) is 0 Å². The Kier molecular flexibility index (Phi) is 4.14. The van der Waals surface area contributed by atoms with Crippen LogP contribution in [0.15, 0.2) is 12.3 Å². The molecule has 3 unspecified atom stereocenters. The maximum Gasteiger partial charge on any atom is 0.320 e. The van der Waals surface area contributed by atoms with E-state index in [0.29, 0.717) is 18.0 Å². The van der Waals surface area contributed by atoms with Crippen LogP contribution >= 0.6 is 0 Å². The van der Waals surface area contributed by atoms with Crippen molar-refractivity contribution in [2.24, 2.45) is 5.92 Å². The van der Waals surface area contributed by atoms with E-state index in [1.165, 1.54) is 50.6 Å². The second-order valence-electron chi connectivity index (χ2n) is 7.58. The Balaban J connectivity index is 1.56. The van der Waals surface area contributed by atoms with Gasteiger partial charge in [0, 0.05) is 18.8 Å². The molecule has 3 atom stereocenters. The third-order valence-electron chi connectivity index (χ3n) is 6.27. The Morgan fingerprint density at radius 1 is 1.17 bits per heavy atom. The molecule has 0 radical (unpaired) electrons. The molecule has 0 aromatic carbocycles. The number of hydrogen-bond acceptors (Lipinski definition) is 3. The lowest BCUT2D eigenvalue weighted by molar-refractivity contribution is -0.143. The lowest BCUT2D eigenvalue weighted by atomic mass is 9.85. The standard InChI is InChI=1S/C18H27N3O2/c22-18(23)17-11-13-5-1-4-8-16(13)20(17)12-15-9-10-19-21(15)14-6-2-3-7-14/h9-10,13-14,16-17H,1-8,11-12H2,(H,22,23). The molecule has 0 spiro atoms. The predicted octanol–water partition coefficient (Wildman–Crippen LogP) is 3.22. The molecular formula is C18H27N3O2. The Bertz CT molecular complexity index is 564. The van der Waals surface area contributed by atoms with E-state index in [-0.39, 0.29) is 6.04 Å². The molecule has 126 valence electrons. The molecule has 5 nitrogen and oxygen atoms in total. The number of rotatable bonds is 4. The van der Waals surface area contributed by atoms with Gasteiger partial charge in [-0.3, -0.25) is 14.4 Å². The van der Waals surface area contributed by atoms with Crippen LogP contribution in [-0.4, -0.2) is 37.8 Å². The highest BCUT2D eigenvalue weighted by molar-refractivity contribution is 5.74. The van der Waals surface area contributed by atoms with Crippen LogP contribution in [0.4, 0.5) is 0 Å². The van der Waals surface area contributed by atoms with Crippen molar-refractivity contribution in [1.29, 1.82) is 0 Å². The molecule has 1 aromatic heterocycles. The maximum absolute atomic E-state index is 11.8. The number of fused-ring (bicyclic) bond motifs is 1. The molecule has 5 heteroatoms. The molecule has 4 rings (SSSR count). The van der Waals surface area contributed by atoms with E-state index in [0.717, 1.165) is 19.4 Å². The Hall–Kier alpha value is -1.36. The molecule has 2 aliphatic carbocycles. The number of likely N-dealkylation sites (tertiary alicyclic amines) is 1. The number of carboxylic acids is 1.